The number of carbonyl (C=O) groups is 3. The fraction of sp³-hybridized carbons (Fsp3) is 0.426. The fourth-order valence-electron chi connectivity index (χ4n) is 7.83. The molecule has 2 fully saturated rings. The van der Waals surface area contributed by atoms with Crippen LogP contribution >= 0.6 is 11.6 Å². The lowest BCUT2D eigenvalue weighted by atomic mass is 9.88. The molecule has 320 valence electrons. The second kappa shape index (κ2) is 20.9. The summed E-state index contributed by atoms with van der Waals surface area (Å²) in [6, 6.07) is 27.1. The Bertz CT molecular complexity index is 2060. The maximum Gasteiger partial charge on any atom is 0.412 e. The third-order valence-corrected chi connectivity index (χ3v) is 11.1. The molecule has 0 saturated carbocycles. The van der Waals surface area contributed by atoms with E-state index in [1.165, 1.54) is 6.07 Å². The van der Waals surface area contributed by atoms with Crippen molar-refractivity contribution in [3.63, 3.8) is 0 Å². The van der Waals surface area contributed by atoms with Gasteiger partial charge in [-0.05, 0) is 125 Å². The molecule has 0 aromatic heterocycles. The molecule has 2 N–H and O–H groups in total. The first kappa shape index (κ1) is 44.4. The highest BCUT2D eigenvalue weighted by Gasteiger charge is 2.37. The van der Waals surface area contributed by atoms with Crippen LogP contribution in [-0.4, -0.2) is 96.9 Å². The van der Waals surface area contributed by atoms with Crippen LogP contribution in [0.15, 0.2) is 91.0 Å². The molecule has 3 amide bonds. The lowest BCUT2D eigenvalue weighted by Gasteiger charge is -2.40. The van der Waals surface area contributed by atoms with E-state index in [9.17, 15) is 18.8 Å². The number of piperazine rings is 1. The molecule has 0 unspecified atom stereocenters. The monoisotopic (exact) mass is 841 g/mol. The van der Waals surface area contributed by atoms with E-state index in [2.05, 4.69) is 20.4 Å². The van der Waals surface area contributed by atoms with E-state index in [1.807, 2.05) is 105 Å². The molecule has 13 heteroatoms. The van der Waals surface area contributed by atoms with Crippen LogP contribution in [0.25, 0.3) is 11.1 Å². The predicted molar refractivity (Wildman–Crippen MR) is 233 cm³/mol. The number of alkyl carbamates (subject to hydrolysis) is 1. The standard InChI is InChI=1S/C47H57ClFN5O6/c1-5-58-42-16-10-15-41(49)40(42)31-53-25-27-54(28-26-53)44(55)43(51-45(56)59-32-33-11-7-6-8-12-33)34-19-22-52(23-20-34)24-21-36-29-37(48)17-18-39(36)35-13-9-14-38(30-35)50-46(57)60-47(2,3)4/h6-18,29-30,34,43H,5,19-28,31-32H2,1-4H3,(H,50,57)(H,51,56)/t43-/m1/s1. The van der Waals surface area contributed by atoms with Crippen LogP contribution in [0.1, 0.15) is 57.2 Å². The van der Waals surface area contributed by atoms with Gasteiger partial charge in [0.2, 0.25) is 5.91 Å². The summed E-state index contributed by atoms with van der Waals surface area (Å²) in [6.45, 7) is 12.6. The molecule has 2 aliphatic rings. The minimum atomic E-state index is -0.751. The number of hydrogen-bond donors (Lipinski definition) is 2. The first-order chi connectivity index (χ1) is 28.8. The third-order valence-electron chi connectivity index (χ3n) is 10.9. The molecular formula is C47H57ClFN5O6. The van der Waals surface area contributed by atoms with Gasteiger partial charge < -0.3 is 29.3 Å². The fourth-order valence-corrected chi connectivity index (χ4v) is 8.02. The summed E-state index contributed by atoms with van der Waals surface area (Å²) in [4.78, 5) is 46.4. The number of piperidine rings is 1. The molecule has 4 aromatic carbocycles. The van der Waals surface area contributed by atoms with E-state index in [4.69, 9.17) is 25.8 Å². The minimum absolute atomic E-state index is 0.0924. The van der Waals surface area contributed by atoms with Gasteiger partial charge in [-0.25, -0.2) is 14.0 Å². The Morgan fingerprint density at radius 2 is 1.58 bits per heavy atom. The van der Waals surface area contributed by atoms with E-state index in [0.29, 0.717) is 74.2 Å². The summed E-state index contributed by atoms with van der Waals surface area (Å²) in [5.74, 6) is 0.00690. The van der Waals surface area contributed by atoms with Crippen LogP contribution in [0.5, 0.6) is 5.75 Å². The van der Waals surface area contributed by atoms with Crippen molar-refractivity contribution < 1.29 is 33.0 Å². The van der Waals surface area contributed by atoms with Crippen LogP contribution < -0.4 is 15.4 Å². The van der Waals surface area contributed by atoms with Gasteiger partial charge in [0.15, 0.2) is 0 Å². The van der Waals surface area contributed by atoms with Crippen molar-refractivity contribution in [2.75, 3.05) is 57.7 Å². The maximum atomic E-state index is 14.8. The van der Waals surface area contributed by atoms with Crippen LogP contribution in [0.3, 0.4) is 0 Å². The van der Waals surface area contributed by atoms with Gasteiger partial charge in [0.05, 0.1) is 6.61 Å². The average molecular weight is 842 g/mol. The van der Waals surface area contributed by atoms with Crippen molar-refractivity contribution in [3.8, 4) is 16.9 Å². The SMILES string of the molecule is CCOc1cccc(F)c1CN1CCN(C(=O)[C@H](NC(=O)OCc2ccccc2)C2CCN(CCc3cc(Cl)ccc3-c3cccc(NC(=O)OC(C)(C)C)c3)CC2)CC1. The van der Waals surface area contributed by atoms with Crippen LogP contribution in [0.4, 0.5) is 19.7 Å². The number of rotatable bonds is 14. The Kier molecular flexibility index (Phi) is 15.4. The molecule has 0 spiro atoms. The molecule has 2 aliphatic heterocycles. The molecule has 11 nitrogen and oxygen atoms in total. The zero-order valence-electron chi connectivity index (χ0n) is 35.1. The van der Waals surface area contributed by atoms with Gasteiger partial charge in [-0.15, -0.1) is 0 Å². The highest BCUT2D eigenvalue weighted by Crippen LogP contribution is 2.31. The zero-order valence-corrected chi connectivity index (χ0v) is 35.8. The first-order valence-corrected chi connectivity index (χ1v) is 21.2. The van der Waals surface area contributed by atoms with Crippen LogP contribution in [0.2, 0.25) is 5.02 Å². The number of amides is 3. The summed E-state index contributed by atoms with van der Waals surface area (Å²) in [6.07, 6.45) is 1.02. The summed E-state index contributed by atoms with van der Waals surface area (Å²) in [7, 11) is 0. The largest absolute Gasteiger partial charge is 0.493 e. The zero-order chi connectivity index (χ0) is 42.6. The number of nitrogens with zero attached hydrogens (tertiary/aromatic N) is 3. The van der Waals surface area contributed by atoms with Gasteiger partial charge in [-0.1, -0.05) is 66.2 Å². The van der Waals surface area contributed by atoms with E-state index in [-0.39, 0.29) is 24.2 Å². The van der Waals surface area contributed by atoms with Gasteiger partial charge in [-0.3, -0.25) is 15.0 Å². The Morgan fingerprint density at radius 1 is 0.850 bits per heavy atom. The number of halogens is 2. The molecule has 60 heavy (non-hydrogen) atoms. The quantitative estimate of drug-likeness (QED) is 0.130. The molecule has 2 heterocycles. The predicted octanol–water partition coefficient (Wildman–Crippen LogP) is 8.79. The van der Waals surface area contributed by atoms with Gasteiger partial charge >= 0.3 is 12.2 Å². The number of carbonyl (C=O) groups excluding carboxylic acids is 3. The maximum absolute atomic E-state index is 14.8. The van der Waals surface area contributed by atoms with Crippen molar-refractivity contribution in [2.24, 2.45) is 5.92 Å². The van der Waals surface area contributed by atoms with Crippen molar-refractivity contribution in [2.45, 2.75) is 71.8 Å². The molecule has 2 saturated heterocycles. The Hall–Kier alpha value is -5.17. The number of ether oxygens (including phenoxy) is 3. The lowest BCUT2D eigenvalue weighted by molar-refractivity contribution is -0.137. The summed E-state index contributed by atoms with van der Waals surface area (Å²) in [5.41, 5.74) is 4.44. The highest BCUT2D eigenvalue weighted by atomic mass is 35.5. The number of likely N-dealkylation sites (tertiary alicyclic amines) is 1. The molecule has 0 radical (unpaired) electrons. The van der Waals surface area contributed by atoms with Crippen molar-refractivity contribution in [1.82, 2.24) is 20.0 Å². The second-order valence-electron chi connectivity index (χ2n) is 16.4. The minimum Gasteiger partial charge on any atom is -0.493 e. The van der Waals surface area contributed by atoms with Crippen LogP contribution in [0, 0.1) is 11.7 Å². The number of nitrogens with one attached hydrogen (secondary N) is 2. The molecule has 6 rings (SSSR count). The summed E-state index contributed by atoms with van der Waals surface area (Å²) in [5, 5.41) is 6.44. The first-order valence-electron chi connectivity index (χ1n) is 20.8. The Labute approximate surface area is 358 Å². The van der Waals surface area contributed by atoms with E-state index in [0.717, 1.165) is 48.3 Å². The topological polar surface area (TPSA) is 113 Å². The number of anilines is 1. The molecule has 0 aliphatic carbocycles. The van der Waals surface area contributed by atoms with Crippen molar-refractivity contribution in [3.05, 3.63) is 119 Å². The smallest absolute Gasteiger partial charge is 0.412 e. The molecule has 1 atom stereocenters. The van der Waals surface area contributed by atoms with E-state index in [1.54, 1.807) is 12.1 Å². The molecular weight excluding hydrogens is 785 g/mol. The lowest BCUT2D eigenvalue weighted by Crippen LogP contribution is -2.58. The molecule has 4 aromatic rings. The average Bonchev–Trinajstić information content (AvgIpc) is 3.22. The van der Waals surface area contributed by atoms with Crippen molar-refractivity contribution in [1.29, 1.82) is 0 Å². The van der Waals surface area contributed by atoms with Gasteiger partial charge in [0, 0.05) is 55.5 Å². The molecule has 0 bridgehead atoms. The van der Waals surface area contributed by atoms with Crippen LogP contribution in [-0.2, 0) is 33.8 Å². The van der Waals surface area contributed by atoms with E-state index < -0.39 is 23.8 Å². The Morgan fingerprint density at radius 3 is 2.30 bits per heavy atom. The van der Waals surface area contributed by atoms with Gasteiger partial charge in [-0.2, -0.15) is 0 Å². The normalized spacial score (nSPS) is 15.9. The highest BCUT2D eigenvalue weighted by molar-refractivity contribution is 6.30. The van der Waals surface area contributed by atoms with Gasteiger partial charge in [0.25, 0.3) is 0 Å². The van der Waals surface area contributed by atoms with Gasteiger partial charge in [0.1, 0.15) is 29.8 Å². The Balaban J connectivity index is 1.08. The summed E-state index contributed by atoms with van der Waals surface area (Å²) < 4.78 is 31.6. The summed E-state index contributed by atoms with van der Waals surface area (Å²) >= 11 is 6.51. The third kappa shape index (κ3) is 12.7. The second-order valence-corrected chi connectivity index (χ2v) is 16.8. The number of benzene rings is 4. The number of hydrogen-bond acceptors (Lipinski definition) is 8. The van der Waals surface area contributed by atoms with Crippen molar-refractivity contribution >= 4 is 35.4 Å². The van der Waals surface area contributed by atoms with E-state index >= 15 is 0 Å².